The van der Waals surface area contributed by atoms with Crippen molar-refractivity contribution in [2.24, 2.45) is 5.73 Å². The second kappa shape index (κ2) is 5.29. The van der Waals surface area contributed by atoms with E-state index < -0.39 is 0 Å². The van der Waals surface area contributed by atoms with Gasteiger partial charge in [-0.3, -0.25) is 4.68 Å². The van der Waals surface area contributed by atoms with Crippen LogP contribution in [-0.4, -0.2) is 21.3 Å². The Bertz CT molecular complexity index is 257. The van der Waals surface area contributed by atoms with Gasteiger partial charge in [-0.15, -0.1) is 0 Å². The van der Waals surface area contributed by atoms with Gasteiger partial charge in [0.25, 0.3) is 0 Å². The third-order valence-electron chi connectivity index (χ3n) is 2.08. The molecule has 0 aliphatic heterocycles. The Hall–Kier alpha value is -0.480. The van der Waals surface area contributed by atoms with Gasteiger partial charge in [0.1, 0.15) is 0 Å². The van der Waals surface area contributed by atoms with Crippen LogP contribution >= 0.6 is 11.8 Å². The zero-order chi connectivity index (χ0) is 9.68. The summed E-state index contributed by atoms with van der Waals surface area (Å²) in [5.41, 5.74) is 7.92. The van der Waals surface area contributed by atoms with Gasteiger partial charge in [0.2, 0.25) is 0 Å². The Kier molecular flexibility index (Phi) is 4.32. The highest BCUT2D eigenvalue weighted by Crippen LogP contribution is 2.07. The molecule has 0 bridgehead atoms. The Morgan fingerprint density at radius 1 is 1.62 bits per heavy atom. The van der Waals surface area contributed by atoms with Crippen LogP contribution in [0.4, 0.5) is 0 Å². The van der Waals surface area contributed by atoms with Crippen LogP contribution in [0.5, 0.6) is 0 Å². The molecule has 0 saturated heterocycles. The minimum Gasteiger partial charge on any atom is -0.326 e. The number of hydrogen-bond donors (Lipinski definition) is 1. The summed E-state index contributed by atoms with van der Waals surface area (Å²) >= 11 is 1.94. The molecule has 1 heterocycles. The van der Waals surface area contributed by atoms with Gasteiger partial charge in [0.05, 0.1) is 12.7 Å². The van der Waals surface area contributed by atoms with Crippen molar-refractivity contribution in [3.05, 3.63) is 17.5 Å². The van der Waals surface area contributed by atoms with Crippen LogP contribution < -0.4 is 5.73 Å². The number of aromatic nitrogens is 2. The van der Waals surface area contributed by atoms with Crippen LogP contribution in [0.15, 0.2) is 6.20 Å². The first-order valence-corrected chi connectivity index (χ1v) is 5.74. The van der Waals surface area contributed by atoms with E-state index in [0.29, 0.717) is 6.54 Å². The zero-order valence-corrected chi connectivity index (χ0v) is 9.10. The smallest absolute Gasteiger partial charge is 0.0537 e. The van der Waals surface area contributed by atoms with Crippen molar-refractivity contribution < 1.29 is 0 Å². The van der Waals surface area contributed by atoms with Gasteiger partial charge in [0.15, 0.2) is 0 Å². The molecule has 0 unspecified atom stereocenters. The molecule has 3 nitrogen and oxygen atoms in total. The molecule has 74 valence electrons. The van der Waals surface area contributed by atoms with E-state index in [9.17, 15) is 0 Å². The largest absolute Gasteiger partial charge is 0.326 e. The third kappa shape index (κ3) is 2.74. The molecule has 0 radical (unpaired) electrons. The van der Waals surface area contributed by atoms with Crippen molar-refractivity contribution in [2.45, 2.75) is 26.9 Å². The van der Waals surface area contributed by atoms with E-state index >= 15 is 0 Å². The Morgan fingerprint density at radius 2 is 2.38 bits per heavy atom. The predicted octanol–water partition coefficient (Wildman–Crippen LogP) is 1.40. The second-order valence-electron chi connectivity index (χ2n) is 2.88. The molecule has 1 aromatic rings. The van der Waals surface area contributed by atoms with Crippen molar-refractivity contribution in [3.8, 4) is 0 Å². The SMILES string of the molecule is CCSCCn1ncc(CN)c1C. The van der Waals surface area contributed by atoms with E-state index in [1.54, 1.807) is 0 Å². The molecule has 0 spiro atoms. The number of rotatable bonds is 5. The normalized spacial score (nSPS) is 10.7. The summed E-state index contributed by atoms with van der Waals surface area (Å²) in [5, 5.41) is 4.28. The topological polar surface area (TPSA) is 43.8 Å². The first-order valence-electron chi connectivity index (χ1n) is 4.58. The highest BCUT2D eigenvalue weighted by molar-refractivity contribution is 7.99. The van der Waals surface area contributed by atoms with Crippen LogP contribution in [0, 0.1) is 6.92 Å². The summed E-state index contributed by atoms with van der Waals surface area (Å²) < 4.78 is 2.03. The van der Waals surface area contributed by atoms with Crippen LogP contribution in [0.2, 0.25) is 0 Å². The fourth-order valence-corrected chi connectivity index (χ4v) is 1.80. The zero-order valence-electron chi connectivity index (χ0n) is 8.29. The predicted molar refractivity (Wildman–Crippen MR) is 57.9 cm³/mol. The molecule has 1 rings (SSSR count). The molecule has 0 amide bonds. The van der Waals surface area contributed by atoms with E-state index in [1.807, 2.05) is 22.6 Å². The quantitative estimate of drug-likeness (QED) is 0.729. The minimum absolute atomic E-state index is 0.590. The summed E-state index contributed by atoms with van der Waals surface area (Å²) in [6.45, 7) is 5.83. The molecule has 0 saturated carbocycles. The third-order valence-corrected chi connectivity index (χ3v) is 2.96. The fraction of sp³-hybridized carbons (Fsp3) is 0.667. The maximum absolute atomic E-state index is 5.56. The van der Waals surface area contributed by atoms with Crippen LogP contribution in [0.1, 0.15) is 18.2 Å². The molecule has 0 aromatic carbocycles. The van der Waals surface area contributed by atoms with Crippen LogP contribution in [-0.2, 0) is 13.1 Å². The lowest BCUT2D eigenvalue weighted by Crippen LogP contribution is -2.06. The number of aryl methyl sites for hydroxylation is 1. The highest BCUT2D eigenvalue weighted by Gasteiger charge is 2.03. The van der Waals surface area contributed by atoms with Crippen molar-refractivity contribution in [2.75, 3.05) is 11.5 Å². The number of thioether (sulfide) groups is 1. The van der Waals surface area contributed by atoms with Gasteiger partial charge in [-0.05, 0) is 12.7 Å². The van der Waals surface area contributed by atoms with Crippen molar-refractivity contribution in [1.82, 2.24) is 9.78 Å². The number of nitrogens with two attached hydrogens (primary N) is 1. The van der Waals surface area contributed by atoms with Gasteiger partial charge in [0, 0.05) is 23.6 Å². The number of hydrogen-bond acceptors (Lipinski definition) is 3. The first kappa shape index (κ1) is 10.6. The van der Waals surface area contributed by atoms with Crippen molar-refractivity contribution in [1.29, 1.82) is 0 Å². The van der Waals surface area contributed by atoms with Gasteiger partial charge in [-0.2, -0.15) is 16.9 Å². The molecule has 4 heteroatoms. The molecule has 0 aliphatic carbocycles. The average molecular weight is 199 g/mol. The lowest BCUT2D eigenvalue weighted by atomic mass is 10.3. The molecular weight excluding hydrogens is 182 g/mol. The van der Waals surface area contributed by atoms with Crippen LogP contribution in [0.25, 0.3) is 0 Å². The maximum atomic E-state index is 5.56. The van der Waals surface area contributed by atoms with E-state index in [0.717, 1.165) is 17.9 Å². The Balaban J connectivity index is 2.51. The van der Waals surface area contributed by atoms with E-state index in [-0.39, 0.29) is 0 Å². The highest BCUT2D eigenvalue weighted by atomic mass is 32.2. The standard InChI is InChI=1S/C9H17N3S/c1-3-13-5-4-12-8(2)9(6-10)7-11-12/h7H,3-6,10H2,1-2H3. The molecule has 0 aliphatic rings. The monoisotopic (exact) mass is 199 g/mol. The second-order valence-corrected chi connectivity index (χ2v) is 4.27. The molecule has 0 atom stereocenters. The average Bonchev–Trinajstić information content (AvgIpc) is 2.48. The van der Waals surface area contributed by atoms with E-state index in [2.05, 4.69) is 18.9 Å². The van der Waals surface area contributed by atoms with Crippen LogP contribution in [0.3, 0.4) is 0 Å². The molecule has 2 N–H and O–H groups in total. The molecule has 0 fully saturated rings. The fourth-order valence-electron chi connectivity index (χ4n) is 1.21. The van der Waals surface area contributed by atoms with E-state index in [4.69, 9.17) is 5.73 Å². The summed E-state index contributed by atoms with van der Waals surface area (Å²) in [6.07, 6.45) is 1.87. The van der Waals surface area contributed by atoms with Crippen molar-refractivity contribution >= 4 is 11.8 Å². The van der Waals surface area contributed by atoms with E-state index in [1.165, 1.54) is 11.4 Å². The Labute approximate surface area is 83.7 Å². The summed E-state index contributed by atoms with van der Waals surface area (Å²) in [7, 11) is 0. The number of nitrogens with zero attached hydrogens (tertiary/aromatic N) is 2. The molecule has 1 aromatic heterocycles. The summed E-state index contributed by atoms with van der Waals surface area (Å²) in [4.78, 5) is 0. The van der Waals surface area contributed by atoms with Gasteiger partial charge in [-0.25, -0.2) is 0 Å². The summed E-state index contributed by atoms with van der Waals surface area (Å²) in [6, 6.07) is 0. The Morgan fingerprint density at radius 3 is 2.92 bits per heavy atom. The first-order chi connectivity index (χ1) is 6.29. The maximum Gasteiger partial charge on any atom is 0.0537 e. The lowest BCUT2D eigenvalue weighted by Gasteiger charge is -2.03. The van der Waals surface area contributed by atoms with Gasteiger partial charge in [-0.1, -0.05) is 6.92 Å². The molecule has 13 heavy (non-hydrogen) atoms. The van der Waals surface area contributed by atoms with Crippen molar-refractivity contribution in [3.63, 3.8) is 0 Å². The molecular formula is C9H17N3S. The minimum atomic E-state index is 0.590. The lowest BCUT2D eigenvalue weighted by molar-refractivity contribution is 0.644. The van der Waals surface area contributed by atoms with Gasteiger partial charge >= 0.3 is 0 Å². The summed E-state index contributed by atoms with van der Waals surface area (Å²) in [5.74, 6) is 2.30. The van der Waals surface area contributed by atoms with Gasteiger partial charge < -0.3 is 5.73 Å².